The average molecular weight is 430 g/mol. The van der Waals surface area contributed by atoms with E-state index in [2.05, 4.69) is 10.1 Å². The molecular weight excluding hydrogens is 408 g/mol. The molecular formula is C24H22N4O4. The number of hydrazone groups is 1. The normalized spacial score (nSPS) is 14.9. The fraction of sp³-hybridized carbons (Fsp3) is 0.167. The van der Waals surface area contributed by atoms with Crippen molar-refractivity contribution in [3.63, 3.8) is 0 Å². The Morgan fingerprint density at radius 2 is 1.69 bits per heavy atom. The number of H-pyrrole nitrogens is 1. The second-order valence-electron chi connectivity index (χ2n) is 7.80. The van der Waals surface area contributed by atoms with Gasteiger partial charge in [0.2, 0.25) is 5.88 Å². The summed E-state index contributed by atoms with van der Waals surface area (Å²) < 4.78 is 0.994. The first-order valence-electron chi connectivity index (χ1n) is 10.0. The first-order chi connectivity index (χ1) is 15.2. The van der Waals surface area contributed by atoms with Crippen LogP contribution in [0.25, 0.3) is 11.8 Å². The zero-order chi connectivity index (χ0) is 23.2. The molecule has 1 aromatic heterocycles. The van der Waals surface area contributed by atoms with Crippen LogP contribution in [0.5, 0.6) is 5.88 Å². The van der Waals surface area contributed by atoms with Crippen LogP contribution in [0.2, 0.25) is 0 Å². The van der Waals surface area contributed by atoms with E-state index in [-0.39, 0.29) is 11.1 Å². The molecule has 1 aliphatic heterocycles. The maximum atomic E-state index is 13.1. The Labute approximate surface area is 183 Å². The van der Waals surface area contributed by atoms with Crippen LogP contribution in [-0.4, -0.2) is 26.3 Å². The largest absolute Gasteiger partial charge is 0.494 e. The Kier molecular flexibility index (Phi) is 5.14. The standard InChI is InChI=1S/C24H22N4O4/c1-13-6-5-7-17(10-13)27-22(30)20(21(29)25-24(27)32)12-19-16(4)26-28(23(19)31)18-9-8-14(2)15(3)11-18/h5-12,30H,1-4H3,(H,25,29,32). The number of nitrogens with one attached hydrogen (secondary N) is 1. The number of hydrogen-bond acceptors (Lipinski definition) is 5. The zero-order valence-electron chi connectivity index (χ0n) is 18.1. The summed E-state index contributed by atoms with van der Waals surface area (Å²) in [5.74, 6) is -0.986. The summed E-state index contributed by atoms with van der Waals surface area (Å²) in [7, 11) is 0. The van der Waals surface area contributed by atoms with Gasteiger partial charge in [0.25, 0.3) is 11.5 Å². The van der Waals surface area contributed by atoms with Crippen molar-refractivity contribution in [3.05, 3.63) is 91.1 Å². The van der Waals surface area contributed by atoms with E-state index in [1.165, 1.54) is 11.1 Å². The molecule has 0 atom stereocenters. The third-order valence-electron chi connectivity index (χ3n) is 5.47. The first kappa shape index (κ1) is 21.0. The molecule has 8 nitrogen and oxygen atoms in total. The number of anilines is 1. The fourth-order valence-corrected chi connectivity index (χ4v) is 3.54. The molecule has 0 spiro atoms. The Hall–Kier alpha value is -4.20. The van der Waals surface area contributed by atoms with Crippen LogP contribution in [0.4, 0.5) is 5.69 Å². The van der Waals surface area contributed by atoms with Crippen molar-refractivity contribution in [2.24, 2.45) is 5.10 Å². The molecule has 0 aliphatic carbocycles. The van der Waals surface area contributed by atoms with Gasteiger partial charge in [-0.05, 0) is 74.7 Å². The number of aromatic hydroxyl groups is 1. The summed E-state index contributed by atoms with van der Waals surface area (Å²) in [4.78, 5) is 40.2. The molecule has 4 rings (SSSR count). The molecule has 0 saturated carbocycles. The predicted molar refractivity (Wildman–Crippen MR) is 124 cm³/mol. The average Bonchev–Trinajstić information content (AvgIpc) is 3.01. The van der Waals surface area contributed by atoms with Crippen molar-refractivity contribution in [1.82, 2.24) is 9.55 Å². The number of carbonyl (C=O) groups is 1. The van der Waals surface area contributed by atoms with Gasteiger partial charge in [-0.25, -0.2) is 9.36 Å². The summed E-state index contributed by atoms with van der Waals surface area (Å²) in [5.41, 5.74) is 2.73. The summed E-state index contributed by atoms with van der Waals surface area (Å²) in [5, 5.41) is 16.4. The lowest BCUT2D eigenvalue weighted by atomic mass is 10.1. The summed E-state index contributed by atoms with van der Waals surface area (Å²) >= 11 is 0. The maximum absolute atomic E-state index is 13.1. The Bertz CT molecular complexity index is 1440. The number of benzene rings is 2. The lowest BCUT2D eigenvalue weighted by molar-refractivity contribution is -0.114. The highest BCUT2D eigenvalue weighted by Crippen LogP contribution is 2.27. The Morgan fingerprint density at radius 3 is 2.38 bits per heavy atom. The SMILES string of the molecule is CC1=NN(c2ccc(C)c(C)c2)C(=O)C1=Cc1c(O)n(-c2cccc(C)c2)c(=O)[nH]c1=O. The van der Waals surface area contributed by atoms with E-state index >= 15 is 0 Å². The quantitative estimate of drug-likeness (QED) is 0.623. The molecule has 2 aromatic carbocycles. The van der Waals surface area contributed by atoms with Crippen molar-refractivity contribution < 1.29 is 9.90 Å². The van der Waals surface area contributed by atoms with Crippen LogP contribution in [0.1, 0.15) is 29.2 Å². The summed E-state index contributed by atoms with van der Waals surface area (Å²) in [6.45, 7) is 7.41. The van der Waals surface area contributed by atoms with Gasteiger partial charge in [-0.1, -0.05) is 18.2 Å². The lowest BCUT2D eigenvalue weighted by Crippen LogP contribution is -2.30. The van der Waals surface area contributed by atoms with Crippen molar-refractivity contribution in [2.45, 2.75) is 27.7 Å². The molecule has 8 heteroatoms. The van der Waals surface area contributed by atoms with E-state index < -0.39 is 23.0 Å². The molecule has 0 saturated heterocycles. The van der Waals surface area contributed by atoms with Crippen LogP contribution in [0.3, 0.4) is 0 Å². The van der Waals surface area contributed by atoms with Crippen LogP contribution >= 0.6 is 0 Å². The van der Waals surface area contributed by atoms with E-state index in [9.17, 15) is 19.5 Å². The van der Waals surface area contributed by atoms with Gasteiger partial charge < -0.3 is 5.11 Å². The number of nitrogens with zero attached hydrogens (tertiary/aromatic N) is 3. The highest BCUT2D eigenvalue weighted by molar-refractivity contribution is 6.32. The highest BCUT2D eigenvalue weighted by atomic mass is 16.3. The van der Waals surface area contributed by atoms with Gasteiger partial charge in [0, 0.05) is 0 Å². The number of aromatic amines is 1. The van der Waals surface area contributed by atoms with E-state index in [1.807, 2.05) is 39.0 Å². The van der Waals surface area contributed by atoms with Gasteiger partial charge in [-0.15, -0.1) is 0 Å². The number of aromatic nitrogens is 2. The van der Waals surface area contributed by atoms with Crippen molar-refractivity contribution in [3.8, 4) is 11.6 Å². The molecule has 3 aromatic rings. The Balaban J connectivity index is 1.82. The molecule has 1 aliphatic rings. The minimum atomic E-state index is -0.797. The molecule has 2 heterocycles. The Morgan fingerprint density at radius 1 is 0.938 bits per heavy atom. The first-order valence-corrected chi connectivity index (χ1v) is 10.0. The molecule has 32 heavy (non-hydrogen) atoms. The monoisotopic (exact) mass is 430 g/mol. The molecule has 0 unspecified atom stereocenters. The smallest absolute Gasteiger partial charge is 0.335 e. The summed E-state index contributed by atoms with van der Waals surface area (Å²) in [6, 6.07) is 12.5. The number of aryl methyl sites for hydroxylation is 3. The minimum Gasteiger partial charge on any atom is -0.494 e. The van der Waals surface area contributed by atoms with Gasteiger partial charge in [0.05, 0.1) is 22.7 Å². The van der Waals surface area contributed by atoms with Gasteiger partial charge in [-0.2, -0.15) is 10.1 Å². The van der Waals surface area contributed by atoms with Crippen molar-refractivity contribution >= 4 is 23.4 Å². The fourth-order valence-electron chi connectivity index (χ4n) is 3.54. The number of amides is 1. The molecule has 162 valence electrons. The third kappa shape index (κ3) is 3.56. The molecule has 0 fully saturated rings. The van der Waals surface area contributed by atoms with Gasteiger partial charge in [0.15, 0.2) is 0 Å². The molecule has 2 N–H and O–H groups in total. The molecule has 0 bridgehead atoms. The van der Waals surface area contributed by atoms with E-state index in [1.54, 1.807) is 31.2 Å². The van der Waals surface area contributed by atoms with Crippen LogP contribution < -0.4 is 16.3 Å². The second-order valence-corrected chi connectivity index (χ2v) is 7.80. The van der Waals surface area contributed by atoms with E-state index in [0.717, 1.165) is 21.3 Å². The van der Waals surface area contributed by atoms with E-state index in [0.29, 0.717) is 17.1 Å². The molecule has 0 radical (unpaired) electrons. The van der Waals surface area contributed by atoms with Gasteiger partial charge in [-0.3, -0.25) is 14.6 Å². The minimum absolute atomic E-state index is 0.151. The van der Waals surface area contributed by atoms with Gasteiger partial charge >= 0.3 is 5.69 Å². The van der Waals surface area contributed by atoms with Crippen LogP contribution in [0.15, 0.2) is 62.7 Å². The highest BCUT2D eigenvalue weighted by Gasteiger charge is 2.30. The predicted octanol–water partition coefficient (Wildman–Crippen LogP) is 2.96. The van der Waals surface area contributed by atoms with Crippen LogP contribution in [-0.2, 0) is 4.79 Å². The lowest BCUT2D eigenvalue weighted by Gasteiger charge is -2.13. The van der Waals surface area contributed by atoms with Gasteiger partial charge in [0.1, 0.15) is 5.56 Å². The number of hydrogen-bond donors (Lipinski definition) is 2. The molecule has 1 amide bonds. The zero-order valence-corrected chi connectivity index (χ0v) is 18.1. The topological polar surface area (TPSA) is 108 Å². The van der Waals surface area contributed by atoms with Crippen molar-refractivity contribution in [2.75, 3.05) is 5.01 Å². The number of rotatable bonds is 3. The number of carbonyl (C=O) groups excluding carboxylic acids is 1. The third-order valence-corrected chi connectivity index (χ3v) is 5.47. The second kappa shape index (κ2) is 7.81. The van der Waals surface area contributed by atoms with Crippen LogP contribution in [0, 0.1) is 20.8 Å². The van der Waals surface area contributed by atoms with Crippen molar-refractivity contribution in [1.29, 1.82) is 0 Å². The van der Waals surface area contributed by atoms with E-state index in [4.69, 9.17) is 0 Å². The maximum Gasteiger partial charge on any atom is 0.335 e. The summed E-state index contributed by atoms with van der Waals surface area (Å²) in [6.07, 6.45) is 1.27.